The van der Waals surface area contributed by atoms with E-state index in [1.807, 2.05) is 5.32 Å². The topological polar surface area (TPSA) is 46.2 Å². The molecule has 0 unspecified atom stereocenters. The minimum atomic E-state index is -1.17. The van der Waals surface area contributed by atoms with Gasteiger partial charge in [-0.25, -0.2) is 0 Å². The minimum Gasteiger partial charge on any atom is -0.294 e. The second kappa shape index (κ2) is 6.12. The van der Waals surface area contributed by atoms with Crippen molar-refractivity contribution in [3.05, 3.63) is 0 Å². The molecular formula is C4H5Cl2NO2Pd. The molecule has 2 amide bonds. The zero-order chi connectivity index (χ0) is 7.44. The molecule has 6 heteroatoms. The van der Waals surface area contributed by atoms with Crippen molar-refractivity contribution in [3.8, 4) is 0 Å². The summed E-state index contributed by atoms with van der Waals surface area (Å²) >= 11 is 10.1. The fraction of sp³-hybridized carbons (Fsp3) is 0.500. The van der Waals surface area contributed by atoms with Crippen molar-refractivity contribution in [2.75, 3.05) is 0 Å². The molecule has 0 aromatic heterocycles. The molecule has 0 heterocycles. The molecule has 3 nitrogen and oxygen atoms in total. The number of nitrogens with one attached hydrogen (secondary N) is 1. The summed E-state index contributed by atoms with van der Waals surface area (Å²) in [6.45, 7) is 1.20. The van der Waals surface area contributed by atoms with Crippen LogP contribution in [0.1, 0.15) is 6.92 Å². The number of hydrogen-bond donors (Lipinski definition) is 1. The molecule has 0 aliphatic heterocycles. The Labute approximate surface area is 82.1 Å². The Morgan fingerprint density at radius 1 is 1.40 bits per heavy atom. The first-order valence-electron chi connectivity index (χ1n) is 2.13. The predicted molar refractivity (Wildman–Crippen MR) is 34.3 cm³/mol. The van der Waals surface area contributed by atoms with E-state index in [9.17, 15) is 9.59 Å². The van der Waals surface area contributed by atoms with E-state index in [-0.39, 0.29) is 20.4 Å². The zero-order valence-electron chi connectivity index (χ0n) is 4.97. The maximum absolute atomic E-state index is 10.4. The molecule has 0 saturated heterocycles. The Balaban J connectivity index is 0. The molecular weight excluding hydrogens is 271 g/mol. The first-order valence-corrected chi connectivity index (χ1v) is 3.01. The van der Waals surface area contributed by atoms with Gasteiger partial charge >= 0.3 is 0 Å². The number of carbonyl (C=O) groups excluding carboxylic acids is 2. The van der Waals surface area contributed by atoms with Crippen molar-refractivity contribution < 1.29 is 30.0 Å². The number of imide groups is 1. The van der Waals surface area contributed by atoms with Gasteiger partial charge in [-0.15, -0.1) is 0 Å². The molecule has 0 fully saturated rings. The van der Waals surface area contributed by atoms with Crippen LogP contribution >= 0.6 is 23.2 Å². The molecule has 0 aromatic rings. The van der Waals surface area contributed by atoms with Gasteiger partial charge in [-0.2, -0.15) is 0 Å². The average Bonchev–Trinajstić information content (AvgIpc) is 1.63. The summed E-state index contributed by atoms with van der Waals surface area (Å²) in [5.74, 6) is -1.16. The third-order valence-electron chi connectivity index (χ3n) is 0.497. The standard InChI is InChI=1S/C4H5Cl2NO2.Pd/c1-2(8)7-4(9)3(5)6;/h3H,1H3,(H,7,8,9);. The van der Waals surface area contributed by atoms with Gasteiger partial charge in [-0.1, -0.05) is 23.2 Å². The van der Waals surface area contributed by atoms with Crippen LogP contribution in [0.25, 0.3) is 0 Å². The van der Waals surface area contributed by atoms with E-state index < -0.39 is 16.7 Å². The van der Waals surface area contributed by atoms with Gasteiger partial charge in [0.15, 0.2) is 4.84 Å². The number of amides is 2. The van der Waals surface area contributed by atoms with Gasteiger partial charge in [0.2, 0.25) is 5.91 Å². The van der Waals surface area contributed by atoms with E-state index in [1.54, 1.807) is 0 Å². The van der Waals surface area contributed by atoms with Crippen molar-refractivity contribution in [2.24, 2.45) is 0 Å². The van der Waals surface area contributed by atoms with Crippen molar-refractivity contribution in [2.45, 2.75) is 11.8 Å². The van der Waals surface area contributed by atoms with E-state index in [4.69, 9.17) is 23.2 Å². The summed E-state index contributed by atoms with van der Waals surface area (Å²) in [5.41, 5.74) is 0. The van der Waals surface area contributed by atoms with E-state index in [1.165, 1.54) is 6.92 Å². The maximum atomic E-state index is 10.4. The Bertz CT molecular complexity index is 139. The molecule has 0 rings (SSSR count). The molecule has 0 radical (unpaired) electrons. The zero-order valence-corrected chi connectivity index (χ0v) is 8.03. The Hall–Kier alpha value is 0.382. The molecule has 0 aliphatic carbocycles. The minimum absolute atomic E-state index is 0. The first kappa shape index (κ1) is 13.0. The van der Waals surface area contributed by atoms with Gasteiger partial charge in [0.05, 0.1) is 0 Å². The van der Waals surface area contributed by atoms with E-state index >= 15 is 0 Å². The van der Waals surface area contributed by atoms with Crippen molar-refractivity contribution >= 4 is 35.0 Å². The maximum Gasteiger partial charge on any atom is 0.259 e. The smallest absolute Gasteiger partial charge is 0.259 e. The van der Waals surface area contributed by atoms with E-state index in [0.29, 0.717) is 0 Å². The second-order valence-electron chi connectivity index (χ2n) is 1.35. The van der Waals surface area contributed by atoms with E-state index in [0.717, 1.165) is 0 Å². The van der Waals surface area contributed by atoms with Gasteiger partial charge in [0.25, 0.3) is 5.91 Å². The monoisotopic (exact) mass is 275 g/mol. The van der Waals surface area contributed by atoms with Crippen LogP contribution in [0, 0.1) is 0 Å². The van der Waals surface area contributed by atoms with Crippen LogP contribution in [0.15, 0.2) is 0 Å². The molecule has 10 heavy (non-hydrogen) atoms. The Kier molecular flexibility index (Phi) is 7.95. The molecule has 62 valence electrons. The van der Waals surface area contributed by atoms with Crippen molar-refractivity contribution in [1.29, 1.82) is 0 Å². The molecule has 0 saturated carbocycles. The number of rotatable bonds is 1. The molecule has 0 bridgehead atoms. The number of carbonyl (C=O) groups is 2. The van der Waals surface area contributed by atoms with Crippen LogP contribution in [0.2, 0.25) is 0 Å². The largest absolute Gasteiger partial charge is 0.294 e. The van der Waals surface area contributed by atoms with E-state index in [2.05, 4.69) is 0 Å². The third kappa shape index (κ3) is 6.50. The SMILES string of the molecule is CC(=O)NC(=O)C(Cl)Cl.[Pd]. The van der Waals surface area contributed by atoms with Crippen LogP contribution < -0.4 is 5.32 Å². The fourth-order valence-corrected chi connectivity index (χ4v) is 0.337. The Morgan fingerprint density at radius 3 is 1.90 bits per heavy atom. The summed E-state index contributed by atoms with van der Waals surface area (Å²) in [7, 11) is 0. The summed E-state index contributed by atoms with van der Waals surface area (Å²) in [5, 5.41) is 1.90. The molecule has 0 atom stereocenters. The van der Waals surface area contributed by atoms with Gasteiger partial charge in [0.1, 0.15) is 0 Å². The third-order valence-corrected chi connectivity index (χ3v) is 0.894. The van der Waals surface area contributed by atoms with Crippen LogP contribution in [0.5, 0.6) is 0 Å². The number of hydrogen-bond acceptors (Lipinski definition) is 2. The first-order chi connectivity index (χ1) is 4.04. The summed E-state index contributed by atoms with van der Waals surface area (Å²) in [6.07, 6.45) is 0. The van der Waals surface area contributed by atoms with Gasteiger partial charge in [-0.05, 0) is 0 Å². The van der Waals surface area contributed by atoms with Crippen LogP contribution in [0.3, 0.4) is 0 Å². The van der Waals surface area contributed by atoms with Crippen LogP contribution in [-0.2, 0) is 30.0 Å². The van der Waals surface area contributed by atoms with Crippen LogP contribution in [-0.4, -0.2) is 16.7 Å². The van der Waals surface area contributed by atoms with Gasteiger partial charge in [-0.3, -0.25) is 14.9 Å². The fourth-order valence-electron chi connectivity index (χ4n) is 0.228. The quantitative estimate of drug-likeness (QED) is 0.558. The van der Waals surface area contributed by atoms with Gasteiger partial charge in [0, 0.05) is 27.3 Å². The molecule has 0 spiro atoms. The van der Waals surface area contributed by atoms with Crippen molar-refractivity contribution in [3.63, 3.8) is 0 Å². The predicted octanol–water partition coefficient (Wildman–Crippen LogP) is 0.450. The van der Waals surface area contributed by atoms with Crippen LogP contribution in [0.4, 0.5) is 0 Å². The molecule has 0 aromatic carbocycles. The average molecular weight is 276 g/mol. The Morgan fingerprint density at radius 2 is 1.80 bits per heavy atom. The van der Waals surface area contributed by atoms with Crippen molar-refractivity contribution in [1.82, 2.24) is 5.32 Å². The summed E-state index contributed by atoms with van der Waals surface area (Å²) in [6, 6.07) is 0. The second-order valence-corrected chi connectivity index (χ2v) is 2.44. The molecule has 0 aliphatic rings. The van der Waals surface area contributed by atoms with Gasteiger partial charge < -0.3 is 0 Å². The number of halogens is 2. The normalized spacial score (nSPS) is 8.40. The summed E-state index contributed by atoms with van der Waals surface area (Å²) < 4.78 is 0. The summed E-state index contributed by atoms with van der Waals surface area (Å²) in [4.78, 5) is 19.3. The number of alkyl halides is 2. The molecule has 1 N–H and O–H groups in total.